The molecule has 1 amide bonds. The third-order valence-corrected chi connectivity index (χ3v) is 3.16. The van der Waals surface area contributed by atoms with Crippen LogP contribution in [0.5, 0.6) is 0 Å². The van der Waals surface area contributed by atoms with Gasteiger partial charge in [-0.05, 0) is 29.6 Å². The smallest absolute Gasteiger partial charge is 0.229 e. The van der Waals surface area contributed by atoms with Crippen LogP contribution in [0.4, 0.5) is 10.1 Å². The number of thiophene rings is 1. The fraction of sp³-hybridized carbons (Fsp3) is 0.0769. The zero-order valence-corrected chi connectivity index (χ0v) is 10.1. The number of halogens is 1. The number of anilines is 1. The van der Waals surface area contributed by atoms with Crippen LogP contribution in [0.2, 0.25) is 0 Å². The Morgan fingerprint density at radius 3 is 2.94 bits per heavy atom. The van der Waals surface area contributed by atoms with E-state index in [2.05, 4.69) is 5.32 Å². The van der Waals surface area contributed by atoms with E-state index in [4.69, 9.17) is 5.26 Å². The standard InChI is InChI=1S/C13H9FN2OS/c14-12-4-3-10(6-9(12)8-15)16-13(17)7-11-2-1-5-18-11/h1-6H,7H2,(H,16,17). The van der Waals surface area contributed by atoms with Crippen LogP contribution in [0, 0.1) is 17.1 Å². The molecule has 0 spiro atoms. The molecule has 2 rings (SSSR count). The van der Waals surface area contributed by atoms with E-state index in [-0.39, 0.29) is 17.9 Å². The van der Waals surface area contributed by atoms with E-state index < -0.39 is 5.82 Å². The van der Waals surface area contributed by atoms with E-state index >= 15 is 0 Å². The predicted molar refractivity (Wildman–Crippen MR) is 67.8 cm³/mol. The molecule has 0 aliphatic carbocycles. The van der Waals surface area contributed by atoms with Crippen LogP contribution < -0.4 is 5.32 Å². The highest BCUT2D eigenvalue weighted by molar-refractivity contribution is 7.10. The van der Waals surface area contributed by atoms with Crippen molar-refractivity contribution in [2.75, 3.05) is 5.32 Å². The number of carbonyl (C=O) groups excluding carboxylic acids is 1. The normalized spacial score (nSPS) is 9.78. The minimum absolute atomic E-state index is 0.0797. The minimum Gasteiger partial charge on any atom is -0.326 e. The molecule has 1 aromatic heterocycles. The zero-order chi connectivity index (χ0) is 13.0. The maximum absolute atomic E-state index is 13.1. The molecule has 0 aliphatic rings. The molecular weight excluding hydrogens is 251 g/mol. The van der Waals surface area contributed by atoms with E-state index in [9.17, 15) is 9.18 Å². The Hall–Kier alpha value is -2.19. The monoisotopic (exact) mass is 260 g/mol. The summed E-state index contributed by atoms with van der Waals surface area (Å²) in [7, 11) is 0. The number of nitrogens with one attached hydrogen (secondary N) is 1. The lowest BCUT2D eigenvalue weighted by Gasteiger charge is -2.04. The molecule has 0 unspecified atom stereocenters. The first-order valence-corrected chi connectivity index (χ1v) is 6.09. The molecule has 1 N–H and O–H groups in total. The number of hydrogen-bond donors (Lipinski definition) is 1. The Labute approximate surface area is 107 Å². The van der Waals surface area contributed by atoms with Gasteiger partial charge >= 0.3 is 0 Å². The van der Waals surface area contributed by atoms with Gasteiger partial charge in [0, 0.05) is 10.6 Å². The fourth-order valence-corrected chi connectivity index (χ4v) is 2.17. The van der Waals surface area contributed by atoms with Gasteiger partial charge in [-0.15, -0.1) is 11.3 Å². The number of benzene rings is 1. The zero-order valence-electron chi connectivity index (χ0n) is 9.31. The van der Waals surface area contributed by atoms with Crippen molar-refractivity contribution in [2.45, 2.75) is 6.42 Å². The van der Waals surface area contributed by atoms with Gasteiger partial charge in [-0.1, -0.05) is 6.07 Å². The van der Waals surface area contributed by atoms with E-state index in [1.54, 1.807) is 6.07 Å². The third kappa shape index (κ3) is 2.93. The number of carbonyl (C=O) groups is 1. The van der Waals surface area contributed by atoms with Gasteiger partial charge < -0.3 is 5.32 Å². The lowest BCUT2D eigenvalue weighted by atomic mass is 10.2. The van der Waals surface area contributed by atoms with E-state index in [0.29, 0.717) is 5.69 Å². The van der Waals surface area contributed by atoms with Crippen molar-refractivity contribution in [3.05, 3.63) is 52.0 Å². The summed E-state index contributed by atoms with van der Waals surface area (Å²) in [5.74, 6) is -0.776. The molecule has 2 aromatic rings. The topological polar surface area (TPSA) is 52.9 Å². The van der Waals surface area contributed by atoms with Crippen LogP contribution >= 0.6 is 11.3 Å². The molecule has 18 heavy (non-hydrogen) atoms. The second-order valence-corrected chi connectivity index (χ2v) is 4.64. The van der Waals surface area contributed by atoms with Gasteiger partial charge in [0.15, 0.2) is 0 Å². The molecule has 0 bridgehead atoms. The van der Waals surface area contributed by atoms with Gasteiger partial charge in [-0.25, -0.2) is 4.39 Å². The van der Waals surface area contributed by atoms with Crippen molar-refractivity contribution in [3.8, 4) is 6.07 Å². The van der Waals surface area contributed by atoms with Crippen molar-refractivity contribution in [1.82, 2.24) is 0 Å². The Balaban J connectivity index is 2.05. The Morgan fingerprint density at radius 2 is 2.28 bits per heavy atom. The maximum atomic E-state index is 13.1. The van der Waals surface area contributed by atoms with Gasteiger partial charge in [-0.3, -0.25) is 4.79 Å². The summed E-state index contributed by atoms with van der Waals surface area (Å²) in [6, 6.07) is 9.39. The number of rotatable bonds is 3. The van der Waals surface area contributed by atoms with Crippen LogP contribution in [0.25, 0.3) is 0 Å². The lowest BCUT2D eigenvalue weighted by Crippen LogP contribution is -2.13. The molecule has 0 aliphatic heterocycles. The average Bonchev–Trinajstić information content (AvgIpc) is 2.84. The first-order valence-electron chi connectivity index (χ1n) is 5.21. The molecule has 0 saturated carbocycles. The van der Waals surface area contributed by atoms with Crippen LogP contribution in [-0.4, -0.2) is 5.91 Å². The fourth-order valence-electron chi connectivity index (χ4n) is 1.47. The van der Waals surface area contributed by atoms with E-state index in [1.165, 1.54) is 29.5 Å². The summed E-state index contributed by atoms with van der Waals surface area (Å²) >= 11 is 1.50. The highest BCUT2D eigenvalue weighted by atomic mass is 32.1. The molecule has 1 heterocycles. The van der Waals surface area contributed by atoms with Gasteiger partial charge in [0.05, 0.1) is 12.0 Å². The van der Waals surface area contributed by atoms with Crippen molar-refractivity contribution in [2.24, 2.45) is 0 Å². The predicted octanol–water partition coefficient (Wildman–Crippen LogP) is 2.94. The van der Waals surface area contributed by atoms with Crippen LogP contribution in [0.1, 0.15) is 10.4 Å². The van der Waals surface area contributed by atoms with Crippen LogP contribution in [-0.2, 0) is 11.2 Å². The lowest BCUT2D eigenvalue weighted by molar-refractivity contribution is -0.115. The van der Waals surface area contributed by atoms with Crippen molar-refractivity contribution < 1.29 is 9.18 Å². The molecule has 0 radical (unpaired) electrons. The number of hydrogen-bond acceptors (Lipinski definition) is 3. The Morgan fingerprint density at radius 1 is 1.44 bits per heavy atom. The quantitative estimate of drug-likeness (QED) is 0.922. The van der Waals surface area contributed by atoms with Gasteiger partial charge in [0.1, 0.15) is 11.9 Å². The first kappa shape index (κ1) is 12.3. The summed E-state index contributed by atoms with van der Waals surface area (Å²) in [5.41, 5.74) is 0.346. The van der Waals surface area contributed by atoms with E-state index in [0.717, 1.165) is 4.88 Å². The van der Waals surface area contributed by atoms with Crippen molar-refractivity contribution >= 4 is 22.9 Å². The number of amides is 1. The Kier molecular flexibility index (Phi) is 3.70. The highest BCUT2D eigenvalue weighted by Crippen LogP contribution is 2.15. The summed E-state index contributed by atoms with van der Waals surface area (Å²) in [6.45, 7) is 0. The number of nitrogens with zero attached hydrogens (tertiary/aromatic N) is 1. The molecular formula is C13H9FN2OS. The van der Waals surface area contributed by atoms with Gasteiger partial charge in [0.25, 0.3) is 0 Å². The highest BCUT2D eigenvalue weighted by Gasteiger charge is 2.07. The third-order valence-electron chi connectivity index (χ3n) is 2.29. The molecule has 0 atom stereocenters. The van der Waals surface area contributed by atoms with Crippen molar-refractivity contribution in [1.29, 1.82) is 5.26 Å². The molecule has 5 heteroatoms. The summed E-state index contributed by atoms with van der Waals surface area (Å²) in [6.07, 6.45) is 0.275. The molecule has 0 saturated heterocycles. The number of nitriles is 1. The first-order chi connectivity index (χ1) is 8.69. The SMILES string of the molecule is N#Cc1cc(NC(=O)Cc2cccs2)ccc1F. The molecule has 3 nitrogen and oxygen atoms in total. The summed E-state index contributed by atoms with van der Waals surface area (Å²) in [5, 5.41) is 13.2. The van der Waals surface area contributed by atoms with Crippen LogP contribution in [0.3, 0.4) is 0 Å². The summed E-state index contributed by atoms with van der Waals surface area (Å²) in [4.78, 5) is 12.6. The largest absolute Gasteiger partial charge is 0.326 e. The van der Waals surface area contributed by atoms with Gasteiger partial charge in [-0.2, -0.15) is 5.26 Å². The van der Waals surface area contributed by atoms with Crippen molar-refractivity contribution in [3.63, 3.8) is 0 Å². The molecule has 1 aromatic carbocycles. The average molecular weight is 260 g/mol. The second-order valence-electron chi connectivity index (χ2n) is 3.61. The maximum Gasteiger partial charge on any atom is 0.229 e. The molecule has 0 fully saturated rings. The second kappa shape index (κ2) is 5.43. The summed E-state index contributed by atoms with van der Waals surface area (Å²) < 4.78 is 13.1. The molecule has 90 valence electrons. The van der Waals surface area contributed by atoms with Crippen LogP contribution in [0.15, 0.2) is 35.7 Å². The minimum atomic E-state index is -0.589. The van der Waals surface area contributed by atoms with E-state index in [1.807, 2.05) is 17.5 Å². The van der Waals surface area contributed by atoms with Gasteiger partial charge in [0.2, 0.25) is 5.91 Å². The Bertz CT molecular complexity index is 602.